The Bertz CT molecular complexity index is 646. The molecule has 0 radical (unpaired) electrons. The molecule has 0 aliphatic rings. The molecule has 0 heterocycles. The summed E-state index contributed by atoms with van der Waals surface area (Å²) in [5, 5.41) is 3.65. The molecular weight excluding hydrogens is 315 g/mol. The van der Waals surface area contributed by atoms with Gasteiger partial charge in [-0.3, -0.25) is 0 Å². The third-order valence-electron chi connectivity index (χ3n) is 3.36. The van der Waals surface area contributed by atoms with Crippen LogP contribution in [0.25, 0.3) is 0 Å². The van der Waals surface area contributed by atoms with Crippen LogP contribution in [0, 0.1) is 11.6 Å². The van der Waals surface area contributed by atoms with E-state index in [-0.39, 0.29) is 22.9 Å². The van der Waals surface area contributed by atoms with Gasteiger partial charge in [0.2, 0.25) is 0 Å². The Morgan fingerprint density at radius 1 is 1.00 bits per heavy atom. The van der Waals surface area contributed by atoms with Gasteiger partial charge in [0.05, 0.1) is 5.02 Å². The highest BCUT2D eigenvalue weighted by atomic mass is 35.5. The van der Waals surface area contributed by atoms with Gasteiger partial charge in [-0.15, -0.1) is 0 Å². The Morgan fingerprint density at radius 3 is 2.38 bits per heavy atom. The monoisotopic (exact) mass is 329 g/mol. The summed E-state index contributed by atoms with van der Waals surface area (Å²) in [6.45, 7) is 3.73. The molecule has 0 saturated carbocycles. The summed E-state index contributed by atoms with van der Waals surface area (Å²) in [4.78, 5) is 0. The number of nitrogens with one attached hydrogen (secondary N) is 1. The third-order valence-corrected chi connectivity index (χ3v) is 4.07. The van der Waals surface area contributed by atoms with Crippen LogP contribution in [0.2, 0.25) is 10.0 Å². The Kier molecular flexibility index (Phi) is 5.20. The van der Waals surface area contributed by atoms with E-state index < -0.39 is 5.82 Å². The largest absolute Gasteiger partial charge is 0.304 e. The quantitative estimate of drug-likeness (QED) is 0.711. The maximum absolute atomic E-state index is 13.6. The first kappa shape index (κ1) is 16.2. The second-order valence-corrected chi connectivity index (χ2v) is 5.71. The summed E-state index contributed by atoms with van der Waals surface area (Å²) >= 11 is 12.1. The van der Waals surface area contributed by atoms with Crippen molar-refractivity contribution in [2.45, 2.75) is 25.9 Å². The Labute approximate surface area is 132 Å². The average molecular weight is 330 g/mol. The van der Waals surface area contributed by atoms with E-state index in [0.717, 1.165) is 5.56 Å². The summed E-state index contributed by atoms with van der Waals surface area (Å²) in [5.74, 6) is -0.807. The topological polar surface area (TPSA) is 12.0 Å². The van der Waals surface area contributed by atoms with Gasteiger partial charge < -0.3 is 5.32 Å². The van der Waals surface area contributed by atoms with E-state index >= 15 is 0 Å². The lowest BCUT2D eigenvalue weighted by Gasteiger charge is -2.22. The van der Waals surface area contributed by atoms with Crippen LogP contribution in [-0.4, -0.2) is 0 Å². The molecule has 0 aromatic heterocycles. The van der Waals surface area contributed by atoms with E-state index in [1.54, 1.807) is 6.07 Å². The zero-order valence-corrected chi connectivity index (χ0v) is 13.1. The van der Waals surface area contributed by atoms with Gasteiger partial charge in [0.15, 0.2) is 0 Å². The molecule has 1 N–H and O–H groups in total. The number of benzene rings is 2. The molecule has 2 aromatic rings. The zero-order chi connectivity index (χ0) is 15.6. The maximum atomic E-state index is 13.6. The summed E-state index contributed by atoms with van der Waals surface area (Å²) in [6, 6.07) is 8.61. The van der Waals surface area contributed by atoms with E-state index in [2.05, 4.69) is 5.32 Å². The molecule has 0 amide bonds. The molecule has 2 aromatic carbocycles. The third kappa shape index (κ3) is 3.73. The Balaban J connectivity index is 2.22. The second-order valence-electron chi connectivity index (χ2n) is 4.92. The molecule has 0 aliphatic heterocycles. The SMILES string of the molecule is CC(N[C@@H](C)c1cccc(F)c1)c1c(Cl)ccc(F)c1Cl. The van der Waals surface area contributed by atoms with Crippen LogP contribution >= 0.6 is 23.2 Å². The molecule has 0 fully saturated rings. The molecule has 1 nitrogen and oxygen atoms in total. The van der Waals surface area contributed by atoms with Crippen molar-refractivity contribution in [1.29, 1.82) is 0 Å². The van der Waals surface area contributed by atoms with E-state index in [4.69, 9.17) is 23.2 Å². The van der Waals surface area contributed by atoms with Gasteiger partial charge in [-0.1, -0.05) is 35.3 Å². The van der Waals surface area contributed by atoms with Gasteiger partial charge in [-0.25, -0.2) is 8.78 Å². The number of hydrogen-bond acceptors (Lipinski definition) is 1. The molecule has 0 bridgehead atoms. The number of halogens is 4. The predicted octanol–water partition coefficient (Wildman–Crippen LogP) is 5.68. The lowest BCUT2D eigenvalue weighted by atomic mass is 10.0. The minimum absolute atomic E-state index is 0.00828. The van der Waals surface area contributed by atoms with Crippen LogP contribution in [0.15, 0.2) is 36.4 Å². The van der Waals surface area contributed by atoms with Gasteiger partial charge in [-0.05, 0) is 43.7 Å². The minimum Gasteiger partial charge on any atom is -0.304 e. The molecule has 0 spiro atoms. The zero-order valence-electron chi connectivity index (χ0n) is 11.6. The summed E-state index contributed by atoms with van der Waals surface area (Å²) in [7, 11) is 0. The molecule has 2 atom stereocenters. The Hall–Kier alpha value is -1.16. The Morgan fingerprint density at radius 2 is 1.71 bits per heavy atom. The highest BCUT2D eigenvalue weighted by Crippen LogP contribution is 2.33. The van der Waals surface area contributed by atoms with Crippen molar-refractivity contribution < 1.29 is 8.78 Å². The predicted molar refractivity (Wildman–Crippen MR) is 82.8 cm³/mol. The lowest BCUT2D eigenvalue weighted by molar-refractivity contribution is 0.489. The van der Waals surface area contributed by atoms with Gasteiger partial charge in [0.1, 0.15) is 11.6 Å². The minimum atomic E-state index is -0.511. The summed E-state index contributed by atoms with van der Waals surface area (Å²) in [5.41, 5.74) is 1.30. The smallest absolute Gasteiger partial charge is 0.142 e. The van der Waals surface area contributed by atoms with Crippen LogP contribution < -0.4 is 5.32 Å². The van der Waals surface area contributed by atoms with Crippen molar-refractivity contribution in [3.63, 3.8) is 0 Å². The fourth-order valence-electron chi connectivity index (χ4n) is 2.27. The second kappa shape index (κ2) is 6.73. The van der Waals surface area contributed by atoms with Crippen LogP contribution in [0.3, 0.4) is 0 Å². The molecule has 2 rings (SSSR count). The molecule has 0 saturated heterocycles. The van der Waals surface area contributed by atoms with Gasteiger partial charge in [-0.2, -0.15) is 0 Å². The van der Waals surface area contributed by atoms with E-state index in [0.29, 0.717) is 10.6 Å². The molecule has 21 heavy (non-hydrogen) atoms. The van der Waals surface area contributed by atoms with E-state index in [1.807, 2.05) is 19.9 Å². The van der Waals surface area contributed by atoms with Gasteiger partial charge >= 0.3 is 0 Å². The summed E-state index contributed by atoms with van der Waals surface area (Å²) in [6.07, 6.45) is 0. The molecule has 112 valence electrons. The van der Waals surface area contributed by atoms with Crippen molar-refractivity contribution in [2.75, 3.05) is 0 Å². The van der Waals surface area contributed by atoms with Crippen molar-refractivity contribution in [1.82, 2.24) is 5.32 Å². The maximum Gasteiger partial charge on any atom is 0.142 e. The van der Waals surface area contributed by atoms with Crippen LogP contribution in [-0.2, 0) is 0 Å². The molecule has 5 heteroatoms. The lowest BCUT2D eigenvalue weighted by Crippen LogP contribution is -2.23. The van der Waals surface area contributed by atoms with E-state index in [9.17, 15) is 8.78 Å². The molecule has 0 aliphatic carbocycles. The van der Waals surface area contributed by atoms with Gasteiger partial charge in [0.25, 0.3) is 0 Å². The summed E-state index contributed by atoms with van der Waals surface area (Å²) < 4.78 is 26.8. The highest BCUT2D eigenvalue weighted by molar-refractivity contribution is 6.36. The first-order chi connectivity index (χ1) is 9.90. The number of rotatable bonds is 4. The van der Waals surface area contributed by atoms with E-state index in [1.165, 1.54) is 24.3 Å². The van der Waals surface area contributed by atoms with Gasteiger partial charge in [0, 0.05) is 22.7 Å². The molecule has 1 unspecified atom stereocenters. The fraction of sp³-hybridized carbons (Fsp3) is 0.250. The normalized spacial score (nSPS) is 14.0. The first-order valence-electron chi connectivity index (χ1n) is 6.55. The van der Waals surface area contributed by atoms with Crippen molar-refractivity contribution in [3.8, 4) is 0 Å². The number of hydrogen-bond donors (Lipinski definition) is 1. The van der Waals surface area contributed by atoms with Crippen LogP contribution in [0.1, 0.15) is 37.1 Å². The van der Waals surface area contributed by atoms with Crippen LogP contribution in [0.5, 0.6) is 0 Å². The van der Waals surface area contributed by atoms with Crippen LogP contribution in [0.4, 0.5) is 8.78 Å². The average Bonchev–Trinajstić information content (AvgIpc) is 2.43. The standard InChI is InChI=1S/C16H15Cl2F2N/c1-9(11-4-3-5-12(19)8-11)21-10(2)15-13(17)6-7-14(20)16(15)18/h3-10,21H,1-2H3/t9-,10?/m0/s1. The van der Waals surface area contributed by atoms with Crippen molar-refractivity contribution in [3.05, 3.63) is 69.2 Å². The molecular formula is C16H15Cl2F2N. The highest BCUT2D eigenvalue weighted by Gasteiger charge is 2.19. The fourth-order valence-corrected chi connectivity index (χ4v) is 2.97. The first-order valence-corrected chi connectivity index (χ1v) is 7.30. The van der Waals surface area contributed by atoms with Crippen molar-refractivity contribution >= 4 is 23.2 Å². The van der Waals surface area contributed by atoms with Crippen molar-refractivity contribution in [2.24, 2.45) is 0 Å².